The zero-order valence-corrected chi connectivity index (χ0v) is 16.7. The zero-order chi connectivity index (χ0) is 20.0. The summed E-state index contributed by atoms with van der Waals surface area (Å²) >= 11 is 1.45. The van der Waals surface area contributed by atoms with Gasteiger partial charge in [-0.2, -0.15) is 0 Å². The summed E-state index contributed by atoms with van der Waals surface area (Å²) in [5, 5.41) is 3.76. The second-order valence-electron chi connectivity index (χ2n) is 7.41. The Hall–Kier alpha value is -3.12. The Morgan fingerprint density at radius 2 is 1.90 bits per heavy atom. The number of anilines is 2. The molecular weight excluding hydrogens is 382 g/mol. The van der Waals surface area contributed by atoms with Crippen molar-refractivity contribution in [3.05, 3.63) is 78.0 Å². The lowest BCUT2D eigenvalue weighted by atomic mass is 9.95. The van der Waals surface area contributed by atoms with Gasteiger partial charge in [-0.05, 0) is 48.7 Å². The van der Waals surface area contributed by atoms with Gasteiger partial charge in [-0.1, -0.05) is 42.1 Å². The summed E-state index contributed by atoms with van der Waals surface area (Å²) < 4.78 is 0. The minimum atomic E-state index is -0.428. The minimum Gasteiger partial charge on any atom is -0.325 e. The highest BCUT2D eigenvalue weighted by Gasteiger charge is 2.51. The maximum absolute atomic E-state index is 13.1. The first-order chi connectivity index (χ1) is 14.1. The Morgan fingerprint density at radius 1 is 1.10 bits per heavy atom. The molecule has 6 heteroatoms. The number of benzene rings is 2. The molecule has 0 saturated heterocycles. The Morgan fingerprint density at radius 3 is 2.66 bits per heavy atom. The predicted octanol–water partition coefficient (Wildman–Crippen LogP) is 4.49. The Kier molecular flexibility index (Phi) is 4.17. The molecule has 1 aliphatic heterocycles. The van der Waals surface area contributed by atoms with Crippen molar-refractivity contribution in [3.63, 3.8) is 0 Å². The van der Waals surface area contributed by atoms with Crippen LogP contribution in [0.4, 0.5) is 11.4 Å². The number of rotatable bonds is 3. The summed E-state index contributed by atoms with van der Waals surface area (Å²) in [5.41, 5.74) is 2.75. The molecule has 0 bridgehead atoms. The van der Waals surface area contributed by atoms with E-state index in [2.05, 4.69) is 10.3 Å². The van der Waals surface area contributed by atoms with Gasteiger partial charge in [0.1, 0.15) is 5.03 Å². The van der Waals surface area contributed by atoms with Gasteiger partial charge in [-0.25, -0.2) is 4.98 Å². The van der Waals surface area contributed by atoms with Gasteiger partial charge in [0.05, 0.1) is 16.7 Å². The van der Waals surface area contributed by atoms with Crippen molar-refractivity contribution in [1.29, 1.82) is 0 Å². The SMILES string of the molecule is CN1C(=O)c2cccnc2Sc2cc(NC(=O)C3(c4ccccc4)CC3)ccc21. The highest BCUT2D eigenvalue weighted by molar-refractivity contribution is 7.99. The molecular formula is C23H19N3O2S. The molecule has 0 unspecified atom stereocenters. The van der Waals surface area contributed by atoms with Gasteiger partial charge < -0.3 is 10.2 Å². The van der Waals surface area contributed by atoms with Crippen LogP contribution in [0.1, 0.15) is 28.8 Å². The summed E-state index contributed by atoms with van der Waals surface area (Å²) in [5.74, 6) is -0.0672. The molecule has 2 aliphatic rings. The summed E-state index contributed by atoms with van der Waals surface area (Å²) in [6, 6.07) is 19.2. The largest absolute Gasteiger partial charge is 0.325 e. The topological polar surface area (TPSA) is 62.3 Å². The number of aromatic nitrogens is 1. The number of hydrogen-bond donors (Lipinski definition) is 1. The summed E-state index contributed by atoms with van der Waals surface area (Å²) in [7, 11) is 1.76. The molecule has 1 N–H and O–H groups in total. The third kappa shape index (κ3) is 3.00. The van der Waals surface area contributed by atoms with E-state index in [1.165, 1.54) is 11.8 Å². The van der Waals surface area contributed by atoms with Crippen molar-refractivity contribution >= 4 is 35.0 Å². The van der Waals surface area contributed by atoms with Crippen LogP contribution in [0.5, 0.6) is 0 Å². The number of nitrogens with one attached hydrogen (secondary N) is 1. The molecule has 1 aromatic heterocycles. The van der Waals surface area contributed by atoms with E-state index < -0.39 is 5.41 Å². The first kappa shape index (κ1) is 17.9. The molecule has 1 saturated carbocycles. The number of amides is 2. The first-order valence-corrected chi connectivity index (χ1v) is 10.3. The number of nitrogens with zero attached hydrogens (tertiary/aromatic N) is 2. The quantitative estimate of drug-likeness (QED) is 0.702. The van der Waals surface area contributed by atoms with Gasteiger partial charge in [-0.15, -0.1) is 0 Å². The van der Waals surface area contributed by atoms with E-state index in [0.29, 0.717) is 10.6 Å². The third-order valence-corrected chi connectivity index (χ3v) is 6.67. The lowest BCUT2D eigenvalue weighted by Crippen LogP contribution is -2.28. The van der Waals surface area contributed by atoms with Gasteiger partial charge in [-0.3, -0.25) is 9.59 Å². The minimum absolute atomic E-state index is 0.0187. The summed E-state index contributed by atoms with van der Waals surface area (Å²) in [6.07, 6.45) is 3.40. The van der Waals surface area contributed by atoms with Crippen molar-refractivity contribution in [1.82, 2.24) is 4.98 Å². The molecule has 2 heterocycles. The van der Waals surface area contributed by atoms with E-state index >= 15 is 0 Å². The van der Waals surface area contributed by atoms with Gasteiger partial charge >= 0.3 is 0 Å². The van der Waals surface area contributed by atoms with Gasteiger partial charge in [0.15, 0.2) is 0 Å². The Balaban J connectivity index is 1.46. The second kappa shape index (κ2) is 6.74. The fourth-order valence-corrected chi connectivity index (χ4v) is 4.84. The molecule has 5 nitrogen and oxygen atoms in total. The normalized spacial score (nSPS) is 16.4. The number of carbonyl (C=O) groups excluding carboxylic acids is 2. The highest BCUT2D eigenvalue weighted by Crippen LogP contribution is 2.49. The first-order valence-electron chi connectivity index (χ1n) is 9.50. The van der Waals surface area contributed by atoms with Crippen molar-refractivity contribution < 1.29 is 9.59 Å². The lowest BCUT2D eigenvalue weighted by Gasteiger charge is -2.19. The van der Waals surface area contributed by atoms with Crippen LogP contribution in [0.2, 0.25) is 0 Å². The van der Waals surface area contributed by atoms with E-state index in [1.807, 2.05) is 48.5 Å². The van der Waals surface area contributed by atoms with E-state index in [0.717, 1.165) is 34.7 Å². The van der Waals surface area contributed by atoms with E-state index in [9.17, 15) is 9.59 Å². The monoisotopic (exact) mass is 401 g/mol. The van der Waals surface area contributed by atoms with Crippen LogP contribution in [0.15, 0.2) is 76.8 Å². The van der Waals surface area contributed by atoms with Crippen LogP contribution in [0, 0.1) is 0 Å². The maximum atomic E-state index is 13.1. The third-order valence-electron chi connectivity index (χ3n) is 5.60. The highest BCUT2D eigenvalue weighted by atomic mass is 32.2. The number of fused-ring (bicyclic) bond motifs is 2. The van der Waals surface area contributed by atoms with Gasteiger partial charge in [0, 0.05) is 23.8 Å². The summed E-state index contributed by atoms with van der Waals surface area (Å²) in [4.78, 5) is 32.7. The van der Waals surface area contributed by atoms with Crippen LogP contribution < -0.4 is 10.2 Å². The van der Waals surface area contributed by atoms with Crippen LogP contribution in [0.25, 0.3) is 0 Å². The van der Waals surface area contributed by atoms with Crippen molar-refractivity contribution in [2.24, 2.45) is 0 Å². The average molecular weight is 401 g/mol. The average Bonchev–Trinajstić information content (AvgIpc) is 3.57. The molecule has 5 rings (SSSR count). The molecule has 2 aromatic carbocycles. The number of carbonyl (C=O) groups is 2. The zero-order valence-electron chi connectivity index (χ0n) is 15.9. The molecule has 2 amide bonds. The molecule has 1 aliphatic carbocycles. The molecule has 0 spiro atoms. The van der Waals surface area contributed by atoms with Gasteiger partial charge in [0.2, 0.25) is 5.91 Å². The fourth-order valence-electron chi connectivity index (χ4n) is 3.76. The fraction of sp³-hybridized carbons (Fsp3) is 0.174. The van der Waals surface area contributed by atoms with Crippen LogP contribution in [-0.2, 0) is 10.2 Å². The number of pyridine rings is 1. The molecule has 1 fully saturated rings. The van der Waals surface area contributed by atoms with Gasteiger partial charge in [0.25, 0.3) is 5.91 Å². The predicted molar refractivity (Wildman–Crippen MR) is 114 cm³/mol. The standard InChI is InChI=1S/C23H19N3O2S/c1-26-18-10-9-16(14-19(18)29-20-17(21(26)27)8-5-13-24-20)25-22(28)23(11-12-23)15-6-3-2-4-7-15/h2-10,13-14H,11-12H2,1H3,(H,25,28). The molecule has 0 radical (unpaired) electrons. The number of hydrogen-bond acceptors (Lipinski definition) is 4. The maximum Gasteiger partial charge on any atom is 0.260 e. The summed E-state index contributed by atoms with van der Waals surface area (Å²) in [6.45, 7) is 0. The molecule has 144 valence electrons. The molecule has 3 aromatic rings. The molecule has 0 atom stereocenters. The van der Waals surface area contributed by atoms with E-state index in [-0.39, 0.29) is 11.8 Å². The van der Waals surface area contributed by atoms with Crippen molar-refractivity contribution in [2.45, 2.75) is 28.2 Å². The van der Waals surface area contributed by atoms with Crippen molar-refractivity contribution in [3.8, 4) is 0 Å². The molecule has 29 heavy (non-hydrogen) atoms. The second-order valence-corrected chi connectivity index (χ2v) is 8.44. The Labute approximate surface area is 173 Å². The van der Waals surface area contributed by atoms with Crippen LogP contribution in [-0.4, -0.2) is 23.8 Å². The van der Waals surface area contributed by atoms with Crippen molar-refractivity contribution in [2.75, 3.05) is 17.3 Å². The Bertz CT molecular complexity index is 1130. The van der Waals surface area contributed by atoms with E-state index in [1.54, 1.807) is 30.3 Å². The van der Waals surface area contributed by atoms with Crippen LogP contribution in [0.3, 0.4) is 0 Å². The van der Waals surface area contributed by atoms with Crippen LogP contribution >= 0.6 is 11.8 Å². The van der Waals surface area contributed by atoms with E-state index in [4.69, 9.17) is 0 Å². The smallest absolute Gasteiger partial charge is 0.260 e. The lowest BCUT2D eigenvalue weighted by molar-refractivity contribution is -0.118.